The molecule has 1 aliphatic rings. The number of tetrazole rings is 1. The number of hydrogen-bond acceptors (Lipinski definition) is 5. The van der Waals surface area contributed by atoms with Crippen molar-refractivity contribution in [3.05, 3.63) is 99.8 Å². The summed E-state index contributed by atoms with van der Waals surface area (Å²) in [4.78, 5) is 9.56. The van der Waals surface area contributed by atoms with E-state index in [-0.39, 0.29) is 0 Å². The molecule has 3 aromatic heterocycles. The lowest BCUT2D eigenvalue weighted by atomic mass is 9.89. The van der Waals surface area contributed by atoms with Crippen LogP contribution in [0.25, 0.3) is 22.3 Å². The van der Waals surface area contributed by atoms with Crippen molar-refractivity contribution in [2.75, 3.05) is 0 Å². The van der Waals surface area contributed by atoms with E-state index in [4.69, 9.17) is 4.98 Å². The van der Waals surface area contributed by atoms with Gasteiger partial charge in [0.05, 0.1) is 6.54 Å². The van der Waals surface area contributed by atoms with E-state index >= 15 is 0 Å². The van der Waals surface area contributed by atoms with E-state index < -0.39 is 0 Å². The Morgan fingerprint density at radius 2 is 1.86 bits per heavy atom. The maximum Gasteiger partial charge on any atom is 0.175 e. The van der Waals surface area contributed by atoms with Crippen molar-refractivity contribution in [1.82, 2.24) is 35.2 Å². The van der Waals surface area contributed by atoms with Crippen LogP contribution >= 0.6 is 0 Å². The second-order valence-electron chi connectivity index (χ2n) is 9.17. The van der Waals surface area contributed by atoms with E-state index in [9.17, 15) is 0 Å². The van der Waals surface area contributed by atoms with Crippen molar-refractivity contribution in [3.8, 4) is 0 Å². The largest absolute Gasteiger partial charge is 0.308 e. The van der Waals surface area contributed by atoms with Gasteiger partial charge < -0.3 is 4.57 Å². The molecule has 0 bridgehead atoms. The molecular weight excluding hydrogens is 434 g/mol. The molecule has 0 radical (unpaired) electrons. The fourth-order valence-corrected chi connectivity index (χ4v) is 5.24. The van der Waals surface area contributed by atoms with Crippen molar-refractivity contribution >= 4 is 22.3 Å². The molecular formula is C28H27N7. The third kappa shape index (κ3) is 3.64. The maximum absolute atomic E-state index is 4.89. The van der Waals surface area contributed by atoms with Gasteiger partial charge in [0.1, 0.15) is 11.3 Å². The van der Waals surface area contributed by atoms with Gasteiger partial charge in [-0.1, -0.05) is 49.4 Å². The number of aromatic nitrogens is 7. The average molecular weight is 462 g/mol. The van der Waals surface area contributed by atoms with E-state index in [1.165, 1.54) is 33.4 Å². The Morgan fingerprint density at radius 1 is 1.03 bits per heavy atom. The molecule has 35 heavy (non-hydrogen) atoms. The molecule has 7 heteroatoms. The van der Waals surface area contributed by atoms with Crippen LogP contribution in [0.1, 0.15) is 58.9 Å². The van der Waals surface area contributed by atoms with Crippen LogP contribution in [0.3, 0.4) is 0 Å². The van der Waals surface area contributed by atoms with Crippen LogP contribution in [0, 0.1) is 6.92 Å². The number of aromatic amines is 1. The quantitative estimate of drug-likeness (QED) is 0.410. The van der Waals surface area contributed by atoms with E-state index in [0.29, 0.717) is 5.82 Å². The zero-order valence-electron chi connectivity index (χ0n) is 20.2. The van der Waals surface area contributed by atoms with Crippen LogP contribution in [0.4, 0.5) is 0 Å². The predicted octanol–water partition coefficient (Wildman–Crippen LogP) is 4.94. The summed E-state index contributed by atoms with van der Waals surface area (Å²) in [5, 5.41) is 14.8. The minimum absolute atomic E-state index is 0.700. The first kappa shape index (κ1) is 21.4. The van der Waals surface area contributed by atoms with E-state index in [1.807, 2.05) is 12.3 Å². The Balaban J connectivity index is 1.48. The number of H-pyrrole nitrogens is 1. The highest BCUT2D eigenvalue weighted by Crippen LogP contribution is 2.38. The fraction of sp³-hybridized carbons (Fsp3) is 0.250. The van der Waals surface area contributed by atoms with Crippen LogP contribution in [0.15, 0.2) is 54.7 Å². The molecule has 3 heterocycles. The first-order valence-corrected chi connectivity index (χ1v) is 12.1. The van der Waals surface area contributed by atoms with Crippen LogP contribution < -0.4 is 0 Å². The molecule has 1 aliphatic carbocycles. The molecule has 0 fully saturated rings. The lowest BCUT2D eigenvalue weighted by molar-refractivity contribution is 0.745. The molecule has 0 atom stereocenters. The van der Waals surface area contributed by atoms with Crippen molar-refractivity contribution in [2.24, 2.45) is 0 Å². The molecule has 6 rings (SSSR count). The van der Waals surface area contributed by atoms with Crippen molar-refractivity contribution in [3.63, 3.8) is 0 Å². The third-order valence-corrected chi connectivity index (χ3v) is 7.04. The highest BCUT2D eigenvalue weighted by molar-refractivity contribution is 5.98. The number of nitrogens with zero attached hydrogens (tertiary/aromatic N) is 6. The summed E-state index contributed by atoms with van der Waals surface area (Å²) in [6.45, 7) is 7.09. The SMILES string of the molecule is CCc1nc2c(C)ccnc2n1Cc1ccc2c(c1)CCc1ccccc1C2=C(C)c1nnn[nH]1. The Morgan fingerprint density at radius 3 is 2.69 bits per heavy atom. The summed E-state index contributed by atoms with van der Waals surface area (Å²) >= 11 is 0. The second kappa shape index (κ2) is 8.58. The molecule has 0 amide bonds. The summed E-state index contributed by atoms with van der Waals surface area (Å²) in [5.41, 5.74) is 11.8. The van der Waals surface area contributed by atoms with Crippen LogP contribution in [-0.4, -0.2) is 35.2 Å². The lowest BCUT2D eigenvalue weighted by Gasteiger charge is -2.16. The second-order valence-corrected chi connectivity index (χ2v) is 9.17. The standard InChI is InChI=1S/C28H27N7/c1-4-24-30-26-17(2)13-14-29-28(26)35(24)16-19-9-12-23-21(15-19)11-10-20-7-5-6-8-22(20)25(23)18(3)27-31-33-34-32-27/h5-9,12-15H,4,10-11,16H2,1-3H3,(H,31,32,33,34). The van der Waals surface area contributed by atoms with Gasteiger partial charge in [0.25, 0.3) is 0 Å². The number of imidazole rings is 1. The minimum atomic E-state index is 0.700. The number of pyridine rings is 1. The molecule has 0 unspecified atom stereocenters. The summed E-state index contributed by atoms with van der Waals surface area (Å²) in [6.07, 6.45) is 4.72. The van der Waals surface area contributed by atoms with E-state index in [0.717, 1.165) is 53.9 Å². The number of aryl methyl sites for hydroxylation is 4. The Kier molecular flexibility index (Phi) is 5.25. The summed E-state index contributed by atoms with van der Waals surface area (Å²) < 4.78 is 2.26. The number of allylic oxidation sites excluding steroid dienone is 1. The molecule has 0 saturated carbocycles. The van der Waals surface area contributed by atoms with Gasteiger partial charge in [-0.15, -0.1) is 5.10 Å². The molecule has 2 aromatic carbocycles. The Hall–Kier alpha value is -4.13. The first-order chi connectivity index (χ1) is 17.1. The number of rotatable bonds is 4. The smallest absolute Gasteiger partial charge is 0.175 e. The zero-order chi connectivity index (χ0) is 23.9. The molecule has 5 aromatic rings. The van der Waals surface area contributed by atoms with E-state index in [2.05, 4.69) is 93.4 Å². The Bertz CT molecular complexity index is 1570. The number of fused-ring (bicyclic) bond motifs is 3. The summed E-state index contributed by atoms with van der Waals surface area (Å²) in [7, 11) is 0. The normalized spacial score (nSPS) is 14.5. The predicted molar refractivity (Wildman–Crippen MR) is 137 cm³/mol. The van der Waals surface area contributed by atoms with Gasteiger partial charge in [0, 0.05) is 18.2 Å². The summed E-state index contributed by atoms with van der Waals surface area (Å²) in [5.74, 6) is 1.77. The molecule has 7 nitrogen and oxygen atoms in total. The van der Waals surface area contributed by atoms with Gasteiger partial charge in [-0.2, -0.15) is 0 Å². The Labute approximate surface area is 204 Å². The molecule has 0 aliphatic heterocycles. The monoisotopic (exact) mass is 461 g/mol. The van der Waals surface area contributed by atoms with Gasteiger partial charge >= 0.3 is 0 Å². The summed E-state index contributed by atoms with van der Waals surface area (Å²) in [6, 6.07) is 17.5. The van der Waals surface area contributed by atoms with Gasteiger partial charge in [-0.05, 0) is 82.1 Å². The van der Waals surface area contributed by atoms with Crippen molar-refractivity contribution < 1.29 is 0 Å². The van der Waals surface area contributed by atoms with Crippen molar-refractivity contribution in [2.45, 2.75) is 46.6 Å². The highest BCUT2D eigenvalue weighted by atomic mass is 15.5. The highest BCUT2D eigenvalue weighted by Gasteiger charge is 2.22. The zero-order valence-corrected chi connectivity index (χ0v) is 20.2. The minimum Gasteiger partial charge on any atom is -0.308 e. The number of hydrogen-bond donors (Lipinski definition) is 1. The molecule has 174 valence electrons. The van der Waals surface area contributed by atoms with Gasteiger partial charge in [-0.25, -0.2) is 15.1 Å². The number of benzene rings is 2. The average Bonchev–Trinajstić information content (AvgIpc) is 3.50. The fourth-order valence-electron chi connectivity index (χ4n) is 5.24. The van der Waals surface area contributed by atoms with Crippen LogP contribution in [-0.2, 0) is 25.8 Å². The van der Waals surface area contributed by atoms with Gasteiger partial charge in [0.15, 0.2) is 11.5 Å². The first-order valence-electron chi connectivity index (χ1n) is 12.1. The third-order valence-electron chi connectivity index (χ3n) is 7.04. The van der Waals surface area contributed by atoms with Gasteiger partial charge in [-0.3, -0.25) is 0 Å². The topological polar surface area (TPSA) is 85.2 Å². The van der Waals surface area contributed by atoms with Gasteiger partial charge in [0.2, 0.25) is 0 Å². The van der Waals surface area contributed by atoms with Crippen LogP contribution in [0.5, 0.6) is 0 Å². The lowest BCUT2D eigenvalue weighted by Crippen LogP contribution is -2.06. The number of nitrogens with one attached hydrogen (secondary N) is 1. The van der Waals surface area contributed by atoms with Crippen LogP contribution in [0.2, 0.25) is 0 Å². The molecule has 1 N–H and O–H groups in total. The maximum atomic E-state index is 4.89. The van der Waals surface area contributed by atoms with E-state index in [1.54, 1.807) is 0 Å². The molecule has 0 saturated heterocycles. The molecule has 0 spiro atoms. The van der Waals surface area contributed by atoms with Crippen molar-refractivity contribution in [1.29, 1.82) is 0 Å².